The zero-order chi connectivity index (χ0) is 14.4. The highest BCUT2D eigenvalue weighted by molar-refractivity contribution is 5.87. The van der Waals surface area contributed by atoms with E-state index in [4.69, 9.17) is 5.73 Å². The molecule has 0 aliphatic heterocycles. The Kier molecular flexibility index (Phi) is 5.57. The zero-order valence-electron chi connectivity index (χ0n) is 11.6. The molecular formula is C13H22N4O2. The van der Waals surface area contributed by atoms with Gasteiger partial charge < -0.3 is 20.9 Å². The Bertz CT molecular complexity index is 440. The predicted octanol–water partition coefficient (Wildman–Crippen LogP) is -0.259. The number of hydrogen-bond acceptors (Lipinski definition) is 3. The Hall–Kier alpha value is -1.82. The molecule has 1 atom stereocenters. The van der Waals surface area contributed by atoms with E-state index >= 15 is 0 Å². The van der Waals surface area contributed by atoms with Gasteiger partial charge in [0.05, 0.1) is 19.1 Å². The largest absolute Gasteiger partial charge is 0.353 e. The molecule has 0 spiro atoms. The third-order valence-corrected chi connectivity index (χ3v) is 2.96. The van der Waals surface area contributed by atoms with E-state index in [-0.39, 0.29) is 24.3 Å². The van der Waals surface area contributed by atoms with Crippen molar-refractivity contribution in [1.82, 2.24) is 15.2 Å². The lowest BCUT2D eigenvalue weighted by Crippen LogP contribution is -2.47. The van der Waals surface area contributed by atoms with Gasteiger partial charge in [-0.05, 0) is 18.1 Å². The average Bonchev–Trinajstić information content (AvgIpc) is 2.77. The van der Waals surface area contributed by atoms with E-state index < -0.39 is 6.04 Å². The number of nitrogens with zero attached hydrogens (tertiary/aromatic N) is 1. The Morgan fingerprint density at radius 2 is 2.05 bits per heavy atom. The summed E-state index contributed by atoms with van der Waals surface area (Å²) < 4.78 is 1.92. The van der Waals surface area contributed by atoms with E-state index in [1.807, 2.05) is 43.8 Å². The van der Waals surface area contributed by atoms with E-state index in [0.29, 0.717) is 6.54 Å². The van der Waals surface area contributed by atoms with E-state index in [9.17, 15) is 9.59 Å². The predicted molar refractivity (Wildman–Crippen MR) is 73.1 cm³/mol. The fourth-order valence-electron chi connectivity index (χ4n) is 1.52. The smallest absolute Gasteiger partial charge is 0.239 e. The molecule has 1 rings (SSSR count). The minimum Gasteiger partial charge on any atom is -0.353 e. The van der Waals surface area contributed by atoms with Crippen molar-refractivity contribution < 1.29 is 9.59 Å². The molecule has 4 N–H and O–H groups in total. The van der Waals surface area contributed by atoms with Gasteiger partial charge in [0.15, 0.2) is 0 Å². The summed E-state index contributed by atoms with van der Waals surface area (Å²) >= 11 is 0. The first kappa shape index (κ1) is 15.2. The number of carbonyl (C=O) groups excluding carboxylic acids is 2. The van der Waals surface area contributed by atoms with Gasteiger partial charge in [0.2, 0.25) is 11.8 Å². The Morgan fingerprint density at radius 1 is 1.37 bits per heavy atom. The molecule has 106 valence electrons. The fourth-order valence-corrected chi connectivity index (χ4v) is 1.52. The number of rotatable bonds is 6. The normalized spacial score (nSPS) is 12.3. The summed E-state index contributed by atoms with van der Waals surface area (Å²) in [7, 11) is 1.91. The van der Waals surface area contributed by atoms with Gasteiger partial charge in [0.1, 0.15) is 0 Å². The summed E-state index contributed by atoms with van der Waals surface area (Å²) in [5, 5.41) is 5.26. The molecule has 19 heavy (non-hydrogen) atoms. The van der Waals surface area contributed by atoms with Crippen LogP contribution in [-0.4, -0.2) is 29.0 Å². The lowest BCUT2D eigenvalue weighted by atomic mass is 10.1. The molecule has 0 radical (unpaired) electrons. The first-order chi connectivity index (χ1) is 8.91. The summed E-state index contributed by atoms with van der Waals surface area (Å²) in [5.74, 6) is -0.485. The Balaban J connectivity index is 2.29. The van der Waals surface area contributed by atoms with E-state index in [1.165, 1.54) is 0 Å². The highest BCUT2D eigenvalue weighted by Gasteiger charge is 2.17. The van der Waals surface area contributed by atoms with Crippen LogP contribution in [-0.2, 0) is 23.2 Å². The third-order valence-electron chi connectivity index (χ3n) is 2.96. The summed E-state index contributed by atoms with van der Waals surface area (Å²) in [6, 6.07) is 3.25. The molecule has 6 heteroatoms. The topological polar surface area (TPSA) is 89.2 Å². The van der Waals surface area contributed by atoms with Crippen molar-refractivity contribution in [2.24, 2.45) is 18.7 Å². The second-order valence-electron chi connectivity index (χ2n) is 4.87. The quantitative estimate of drug-likeness (QED) is 0.663. The first-order valence-electron chi connectivity index (χ1n) is 6.32. The third kappa shape index (κ3) is 4.75. The lowest BCUT2D eigenvalue weighted by molar-refractivity contribution is -0.127. The van der Waals surface area contributed by atoms with Crippen LogP contribution in [0.3, 0.4) is 0 Å². The maximum atomic E-state index is 11.6. The summed E-state index contributed by atoms with van der Waals surface area (Å²) in [5.41, 5.74) is 6.67. The molecular weight excluding hydrogens is 244 g/mol. The zero-order valence-corrected chi connectivity index (χ0v) is 11.6. The van der Waals surface area contributed by atoms with Crippen LogP contribution in [0.2, 0.25) is 0 Å². The number of nitrogens with two attached hydrogens (primary N) is 1. The molecule has 0 saturated heterocycles. The van der Waals surface area contributed by atoms with Crippen LogP contribution in [0.25, 0.3) is 0 Å². The van der Waals surface area contributed by atoms with Gasteiger partial charge in [-0.1, -0.05) is 13.8 Å². The monoisotopic (exact) mass is 266 g/mol. The lowest BCUT2D eigenvalue weighted by Gasteiger charge is -2.15. The van der Waals surface area contributed by atoms with Gasteiger partial charge in [-0.25, -0.2) is 0 Å². The van der Waals surface area contributed by atoms with E-state index in [0.717, 1.165) is 5.69 Å². The number of amides is 2. The summed E-state index contributed by atoms with van der Waals surface area (Å²) in [6.07, 6.45) is 1.91. The Morgan fingerprint density at radius 3 is 2.58 bits per heavy atom. The molecule has 0 bridgehead atoms. The minimum absolute atomic E-state index is 0.0476. The molecule has 1 heterocycles. The number of nitrogens with one attached hydrogen (secondary N) is 2. The van der Waals surface area contributed by atoms with Gasteiger partial charge in [-0.2, -0.15) is 0 Å². The van der Waals surface area contributed by atoms with Crippen molar-refractivity contribution in [1.29, 1.82) is 0 Å². The highest BCUT2D eigenvalue weighted by atomic mass is 16.2. The van der Waals surface area contributed by atoms with Gasteiger partial charge in [-0.3, -0.25) is 9.59 Å². The maximum Gasteiger partial charge on any atom is 0.239 e. The van der Waals surface area contributed by atoms with Crippen molar-refractivity contribution >= 4 is 11.8 Å². The van der Waals surface area contributed by atoms with Crippen molar-refractivity contribution in [2.45, 2.75) is 26.4 Å². The standard InChI is InChI=1S/C13H22N4O2/c1-9(2)12(14)13(19)16-8-11(18)15-7-10-5-4-6-17(10)3/h4-6,9,12H,7-8,14H2,1-3H3,(H,15,18)(H,16,19)/t12-/m0/s1. The molecule has 0 unspecified atom stereocenters. The van der Waals surface area contributed by atoms with E-state index in [2.05, 4.69) is 10.6 Å². The molecule has 0 aliphatic carbocycles. The van der Waals surface area contributed by atoms with Crippen LogP contribution in [0.4, 0.5) is 0 Å². The van der Waals surface area contributed by atoms with Crippen molar-refractivity contribution in [3.05, 3.63) is 24.0 Å². The second kappa shape index (κ2) is 6.94. The minimum atomic E-state index is -0.583. The maximum absolute atomic E-state index is 11.6. The van der Waals surface area contributed by atoms with Gasteiger partial charge in [0, 0.05) is 18.9 Å². The Labute approximate surface area is 113 Å². The van der Waals surface area contributed by atoms with Crippen LogP contribution in [0.1, 0.15) is 19.5 Å². The molecule has 0 aliphatic rings. The SMILES string of the molecule is CC(C)[C@H](N)C(=O)NCC(=O)NCc1cccn1C. The molecule has 2 amide bonds. The van der Waals surface area contributed by atoms with Crippen LogP contribution >= 0.6 is 0 Å². The van der Waals surface area contributed by atoms with Crippen LogP contribution < -0.4 is 16.4 Å². The van der Waals surface area contributed by atoms with Gasteiger partial charge in [0.25, 0.3) is 0 Å². The first-order valence-corrected chi connectivity index (χ1v) is 6.32. The van der Waals surface area contributed by atoms with Crippen LogP contribution in [0.5, 0.6) is 0 Å². The average molecular weight is 266 g/mol. The number of aryl methyl sites for hydroxylation is 1. The van der Waals surface area contributed by atoms with Crippen molar-refractivity contribution in [3.8, 4) is 0 Å². The van der Waals surface area contributed by atoms with Gasteiger partial charge >= 0.3 is 0 Å². The summed E-state index contributed by atoms with van der Waals surface area (Å²) in [6.45, 7) is 4.11. The molecule has 1 aromatic rings. The number of aromatic nitrogens is 1. The van der Waals surface area contributed by atoms with Crippen LogP contribution in [0.15, 0.2) is 18.3 Å². The van der Waals surface area contributed by atoms with Crippen molar-refractivity contribution in [2.75, 3.05) is 6.54 Å². The molecule has 1 aromatic heterocycles. The van der Waals surface area contributed by atoms with Gasteiger partial charge in [-0.15, -0.1) is 0 Å². The number of carbonyl (C=O) groups is 2. The number of hydrogen-bond donors (Lipinski definition) is 3. The summed E-state index contributed by atoms with van der Waals surface area (Å²) in [4.78, 5) is 23.1. The van der Waals surface area contributed by atoms with E-state index in [1.54, 1.807) is 0 Å². The van der Waals surface area contributed by atoms with Crippen LogP contribution in [0, 0.1) is 5.92 Å². The molecule has 0 aromatic carbocycles. The molecule has 6 nitrogen and oxygen atoms in total. The fraction of sp³-hybridized carbons (Fsp3) is 0.538. The second-order valence-corrected chi connectivity index (χ2v) is 4.87. The highest BCUT2D eigenvalue weighted by Crippen LogP contribution is 1.98. The molecule has 0 fully saturated rings. The van der Waals surface area contributed by atoms with Crippen molar-refractivity contribution in [3.63, 3.8) is 0 Å². The molecule has 0 saturated carbocycles.